The Kier molecular flexibility index (Phi) is 5.46. The van der Waals surface area contributed by atoms with Gasteiger partial charge < -0.3 is 9.72 Å². The zero-order chi connectivity index (χ0) is 18.7. The number of carbonyl (C=O) groups is 1. The molecule has 3 aromatic heterocycles. The Hall–Kier alpha value is -2.54. The first kappa shape index (κ1) is 18.3. The molecule has 136 valence electrons. The summed E-state index contributed by atoms with van der Waals surface area (Å²) in [4.78, 5) is 37.5. The van der Waals surface area contributed by atoms with E-state index < -0.39 is 5.97 Å². The molecule has 0 saturated heterocycles. The summed E-state index contributed by atoms with van der Waals surface area (Å²) in [6.07, 6.45) is 3.45. The Morgan fingerprint density at radius 2 is 2.19 bits per heavy atom. The molecule has 3 aromatic rings. The number of hydrogen-bond acceptors (Lipinski definition) is 6. The number of carbonyl (C=O) groups excluding carboxylic acids is 1. The van der Waals surface area contributed by atoms with Gasteiger partial charge in [-0.15, -0.1) is 11.3 Å². The molecule has 0 aliphatic rings. The van der Waals surface area contributed by atoms with Crippen molar-refractivity contribution in [2.45, 2.75) is 40.2 Å². The van der Waals surface area contributed by atoms with Gasteiger partial charge in [-0.25, -0.2) is 14.8 Å². The number of esters is 1. The monoisotopic (exact) mass is 371 g/mol. The first-order valence-corrected chi connectivity index (χ1v) is 9.40. The lowest BCUT2D eigenvalue weighted by Crippen LogP contribution is -2.15. The van der Waals surface area contributed by atoms with Gasteiger partial charge in [0.2, 0.25) is 0 Å². The summed E-state index contributed by atoms with van der Waals surface area (Å²) >= 11 is 1.51. The topological polar surface area (TPSA) is 84.9 Å². The van der Waals surface area contributed by atoms with Gasteiger partial charge in [0.25, 0.3) is 5.56 Å². The number of nitrogens with one attached hydrogen (secondary N) is 1. The van der Waals surface area contributed by atoms with Gasteiger partial charge in [0.1, 0.15) is 23.0 Å². The van der Waals surface area contributed by atoms with Crippen molar-refractivity contribution < 1.29 is 9.53 Å². The van der Waals surface area contributed by atoms with Gasteiger partial charge in [-0.1, -0.05) is 26.3 Å². The second-order valence-electron chi connectivity index (χ2n) is 6.34. The van der Waals surface area contributed by atoms with Crippen LogP contribution in [-0.4, -0.2) is 20.9 Å². The van der Waals surface area contributed by atoms with Gasteiger partial charge in [0.15, 0.2) is 0 Å². The van der Waals surface area contributed by atoms with Crippen LogP contribution in [0.5, 0.6) is 0 Å². The van der Waals surface area contributed by atoms with Crippen LogP contribution in [0, 0.1) is 12.8 Å². The number of hydrogen-bond donors (Lipinski definition) is 1. The number of H-pyrrole nitrogens is 1. The standard InChI is InChI=1S/C19H21N3O3S/c1-4-11(2)9-13-12(3)26-18-16(13)17(23)21-15(22-18)10-25-19(24)14-7-5-6-8-20-14/h5-8,11H,4,9-10H2,1-3H3,(H,21,22,23)/t11-/m1/s1. The Bertz CT molecular complexity index is 979. The summed E-state index contributed by atoms with van der Waals surface area (Å²) in [6.45, 7) is 6.24. The fraction of sp³-hybridized carbons (Fsp3) is 0.368. The van der Waals surface area contributed by atoms with E-state index in [-0.39, 0.29) is 17.9 Å². The molecule has 26 heavy (non-hydrogen) atoms. The minimum absolute atomic E-state index is 0.0990. The van der Waals surface area contributed by atoms with Gasteiger partial charge in [-0.05, 0) is 37.0 Å². The summed E-state index contributed by atoms with van der Waals surface area (Å²) in [6, 6.07) is 5.01. The number of pyridine rings is 1. The van der Waals surface area contributed by atoms with Gasteiger partial charge in [0, 0.05) is 11.1 Å². The first-order chi connectivity index (χ1) is 12.5. The quantitative estimate of drug-likeness (QED) is 0.669. The lowest BCUT2D eigenvalue weighted by atomic mass is 9.98. The molecule has 0 bridgehead atoms. The number of aromatic amines is 1. The predicted molar refractivity (Wildman–Crippen MR) is 101 cm³/mol. The van der Waals surface area contributed by atoms with E-state index in [1.54, 1.807) is 18.2 Å². The van der Waals surface area contributed by atoms with Gasteiger partial charge >= 0.3 is 5.97 Å². The maximum Gasteiger partial charge on any atom is 0.357 e. The van der Waals surface area contributed by atoms with Crippen LogP contribution in [-0.2, 0) is 17.8 Å². The highest BCUT2D eigenvalue weighted by Gasteiger charge is 2.17. The molecular weight excluding hydrogens is 350 g/mol. The smallest absolute Gasteiger partial charge is 0.357 e. The molecule has 0 saturated carbocycles. The van der Waals surface area contributed by atoms with Crippen molar-refractivity contribution >= 4 is 27.5 Å². The van der Waals surface area contributed by atoms with Crippen LogP contribution in [0.3, 0.4) is 0 Å². The van der Waals surface area contributed by atoms with Crippen LogP contribution in [0.1, 0.15) is 47.0 Å². The molecule has 1 N–H and O–H groups in total. The molecule has 3 rings (SSSR count). The predicted octanol–water partition coefficient (Wildman–Crippen LogP) is 3.63. The van der Waals surface area contributed by atoms with Crippen LogP contribution in [0.2, 0.25) is 0 Å². The van der Waals surface area contributed by atoms with Gasteiger partial charge in [-0.3, -0.25) is 4.79 Å². The number of fused-ring (bicyclic) bond motifs is 1. The second-order valence-corrected chi connectivity index (χ2v) is 7.54. The summed E-state index contributed by atoms with van der Waals surface area (Å²) in [5.74, 6) is 0.293. The largest absolute Gasteiger partial charge is 0.453 e. The molecule has 0 amide bonds. The molecule has 0 aliphatic heterocycles. The van der Waals surface area contributed by atoms with Gasteiger partial charge in [0.05, 0.1) is 5.39 Å². The van der Waals surface area contributed by atoms with Crippen molar-refractivity contribution in [3.63, 3.8) is 0 Å². The number of ether oxygens (including phenoxy) is 1. The fourth-order valence-corrected chi connectivity index (χ4v) is 3.79. The number of rotatable bonds is 6. The van der Waals surface area contributed by atoms with E-state index in [0.717, 1.165) is 23.3 Å². The van der Waals surface area contributed by atoms with E-state index in [2.05, 4.69) is 28.8 Å². The maximum absolute atomic E-state index is 12.6. The lowest BCUT2D eigenvalue weighted by molar-refractivity contribution is 0.0455. The second kappa shape index (κ2) is 7.78. The molecule has 0 aliphatic carbocycles. The SMILES string of the molecule is CC[C@@H](C)Cc1c(C)sc2nc(COC(=O)c3ccccn3)[nH]c(=O)c12. The van der Waals surface area contributed by atoms with Crippen LogP contribution in [0.15, 0.2) is 29.2 Å². The molecule has 0 spiro atoms. The van der Waals surface area contributed by atoms with Gasteiger partial charge in [-0.2, -0.15) is 0 Å². The third kappa shape index (κ3) is 3.83. The number of thiophene rings is 1. The minimum Gasteiger partial charge on any atom is -0.453 e. The van der Waals surface area contributed by atoms with Crippen LogP contribution < -0.4 is 5.56 Å². The van der Waals surface area contributed by atoms with Crippen molar-refractivity contribution in [3.05, 3.63) is 56.7 Å². The highest BCUT2D eigenvalue weighted by molar-refractivity contribution is 7.18. The number of aromatic nitrogens is 3. The Balaban J connectivity index is 1.83. The molecule has 1 atom stereocenters. The number of nitrogens with zero attached hydrogens (tertiary/aromatic N) is 2. The van der Waals surface area contributed by atoms with Crippen molar-refractivity contribution in [2.75, 3.05) is 0 Å². The van der Waals surface area contributed by atoms with Crippen molar-refractivity contribution in [1.29, 1.82) is 0 Å². The van der Waals surface area contributed by atoms with Crippen LogP contribution >= 0.6 is 11.3 Å². The third-order valence-electron chi connectivity index (χ3n) is 4.38. The minimum atomic E-state index is -0.548. The third-order valence-corrected chi connectivity index (χ3v) is 5.42. The van der Waals surface area contributed by atoms with Crippen molar-refractivity contribution in [3.8, 4) is 0 Å². The van der Waals surface area contributed by atoms with Crippen LogP contribution in [0.25, 0.3) is 10.2 Å². The van der Waals surface area contributed by atoms with E-state index in [1.807, 2.05) is 6.92 Å². The summed E-state index contributed by atoms with van der Waals surface area (Å²) in [7, 11) is 0. The fourth-order valence-electron chi connectivity index (χ4n) is 2.72. The van der Waals surface area contributed by atoms with Crippen molar-refractivity contribution in [1.82, 2.24) is 15.0 Å². The molecule has 6 nitrogen and oxygen atoms in total. The summed E-state index contributed by atoms with van der Waals surface area (Å²) in [5.41, 5.74) is 1.12. The maximum atomic E-state index is 12.6. The highest BCUT2D eigenvalue weighted by Crippen LogP contribution is 2.29. The first-order valence-electron chi connectivity index (χ1n) is 8.59. The normalized spacial score (nSPS) is 12.3. The zero-order valence-electron chi connectivity index (χ0n) is 15.0. The average Bonchev–Trinajstić information content (AvgIpc) is 2.96. The van der Waals surface area contributed by atoms with E-state index >= 15 is 0 Å². The van der Waals surface area contributed by atoms with Crippen LogP contribution in [0.4, 0.5) is 0 Å². The Morgan fingerprint density at radius 1 is 1.38 bits per heavy atom. The van der Waals surface area contributed by atoms with E-state index in [1.165, 1.54) is 17.5 Å². The molecular formula is C19H21N3O3S. The molecule has 7 heteroatoms. The summed E-state index contributed by atoms with van der Waals surface area (Å²) in [5, 5.41) is 0.660. The highest BCUT2D eigenvalue weighted by atomic mass is 32.1. The Labute approximate surface area is 155 Å². The van der Waals surface area contributed by atoms with Crippen molar-refractivity contribution in [2.24, 2.45) is 5.92 Å². The lowest BCUT2D eigenvalue weighted by Gasteiger charge is -2.08. The average molecular weight is 371 g/mol. The zero-order valence-corrected chi connectivity index (χ0v) is 15.9. The molecule has 0 radical (unpaired) electrons. The molecule has 0 aromatic carbocycles. The molecule has 3 heterocycles. The molecule has 0 unspecified atom stereocenters. The van der Waals surface area contributed by atoms with E-state index in [0.29, 0.717) is 22.0 Å². The van der Waals surface area contributed by atoms with E-state index in [9.17, 15) is 9.59 Å². The molecule has 0 fully saturated rings. The summed E-state index contributed by atoms with van der Waals surface area (Å²) < 4.78 is 5.21. The number of aryl methyl sites for hydroxylation is 1. The Morgan fingerprint density at radius 3 is 2.88 bits per heavy atom. The van der Waals surface area contributed by atoms with E-state index in [4.69, 9.17) is 4.74 Å².